The van der Waals surface area contributed by atoms with Gasteiger partial charge in [0.1, 0.15) is 16.9 Å². The van der Waals surface area contributed by atoms with Gasteiger partial charge < -0.3 is 24.4 Å². The summed E-state index contributed by atoms with van der Waals surface area (Å²) in [5.41, 5.74) is 1.75. The second-order valence-corrected chi connectivity index (χ2v) is 8.80. The van der Waals surface area contributed by atoms with Gasteiger partial charge in [-0.1, -0.05) is 29.6 Å². The lowest BCUT2D eigenvalue weighted by Gasteiger charge is -2.37. The van der Waals surface area contributed by atoms with Crippen molar-refractivity contribution < 1.29 is 18.4 Å². The molecule has 0 radical (unpaired) electrons. The van der Waals surface area contributed by atoms with Crippen molar-refractivity contribution in [2.75, 3.05) is 49.1 Å². The molecule has 8 nitrogen and oxygen atoms in total. The molecule has 2 fully saturated rings. The fraction of sp³-hybridized carbons (Fsp3) is 0.429. The van der Waals surface area contributed by atoms with Crippen LogP contribution in [0.15, 0.2) is 28.8 Å². The highest BCUT2D eigenvalue weighted by Gasteiger charge is 2.33. The van der Waals surface area contributed by atoms with Gasteiger partial charge in [-0.25, -0.2) is 9.18 Å². The second kappa shape index (κ2) is 9.37. The number of amides is 1. The van der Waals surface area contributed by atoms with Gasteiger partial charge in [0.15, 0.2) is 5.76 Å². The van der Waals surface area contributed by atoms with Gasteiger partial charge in [0.2, 0.25) is 0 Å². The third kappa shape index (κ3) is 4.83. The number of aryl methyl sites for hydroxylation is 1. The minimum absolute atomic E-state index is 0.338. The lowest BCUT2D eigenvalue weighted by molar-refractivity contribution is 0.143. The van der Waals surface area contributed by atoms with Crippen LogP contribution < -0.4 is 15.1 Å². The number of ether oxygens (including phenoxy) is 1. The maximum atomic E-state index is 15.0. The summed E-state index contributed by atoms with van der Waals surface area (Å²) in [6.07, 6.45) is -0.830. The van der Waals surface area contributed by atoms with E-state index >= 15 is 0 Å². The van der Waals surface area contributed by atoms with Crippen molar-refractivity contribution in [1.82, 2.24) is 15.4 Å². The highest BCUT2D eigenvalue weighted by molar-refractivity contribution is 7.80. The molecular weight excluding hydrogens is 453 g/mol. The van der Waals surface area contributed by atoms with E-state index in [0.717, 1.165) is 5.69 Å². The normalized spacial score (nSPS) is 18.7. The van der Waals surface area contributed by atoms with Crippen molar-refractivity contribution in [3.05, 3.63) is 41.5 Å². The molecule has 1 aromatic heterocycles. The minimum atomic E-state index is -0.490. The molecule has 170 valence electrons. The predicted octanol–water partition coefficient (Wildman–Crippen LogP) is 2.88. The smallest absolute Gasteiger partial charge is 0.414 e. The van der Waals surface area contributed by atoms with Gasteiger partial charge in [-0.05, 0) is 32.0 Å². The van der Waals surface area contributed by atoms with Crippen molar-refractivity contribution in [2.24, 2.45) is 0 Å². The number of aromatic nitrogens is 1. The van der Waals surface area contributed by atoms with E-state index in [0.29, 0.717) is 66.4 Å². The van der Waals surface area contributed by atoms with Crippen LogP contribution in [-0.2, 0) is 4.74 Å². The van der Waals surface area contributed by atoms with Crippen LogP contribution in [-0.4, -0.2) is 71.5 Å². The number of hydrogen-bond donors (Lipinski definition) is 1. The first-order valence-electron chi connectivity index (χ1n) is 10.3. The largest absolute Gasteiger partial charge is 0.442 e. The SMILES string of the molecule is CC(=S)NCC1CN(c2ccc(N3CCN(C(=S)c4cc(C)no4)CC3)c(F)c2)C(=O)O1. The number of carbonyl (C=O) groups excluding carboxylic acids is 1. The van der Waals surface area contributed by atoms with E-state index in [9.17, 15) is 9.18 Å². The molecular formula is C21H24FN5O3S2. The summed E-state index contributed by atoms with van der Waals surface area (Å²) in [6.45, 7) is 6.89. The summed E-state index contributed by atoms with van der Waals surface area (Å²) < 4.78 is 25.6. The molecule has 4 rings (SSSR count). The monoisotopic (exact) mass is 477 g/mol. The Kier molecular flexibility index (Phi) is 6.56. The van der Waals surface area contributed by atoms with Gasteiger partial charge in [0.05, 0.1) is 35.1 Å². The van der Waals surface area contributed by atoms with Gasteiger partial charge >= 0.3 is 6.09 Å². The van der Waals surface area contributed by atoms with E-state index in [-0.39, 0.29) is 11.9 Å². The van der Waals surface area contributed by atoms with E-state index in [1.165, 1.54) is 11.0 Å². The molecule has 11 heteroatoms. The number of cyclic esters (lactones) is 1. The molecule has 0 bridgehead atoms. The Morgan fingerprint density at radius 2 is 2.00 bits per heavy atom. The van der Waals surface area contributed by atoms with E-state index in [2.05, 4.69) is 10.5 Å². The molecule has 1 aromatic carbocycles. The zero-order chi connectivity index (χ0) is 22.8. The number of thiocarbonyl (C=S) groups is 2. The summed E-state index contributed by atoms with van der Waals surface area (Å²) in [6, 6.07) is 6.64. The van der Waals surface area contributed by atoms with Gasteiger partial charge in [-0.15, -0.1) is 0 Å². The number of hydrogen-bond acceptors (Lipinski definition) is 7. The van der Waals surface area contributed by atoms with Gasteiger partial charge in [0.25, 0.3) is 0 Å². The van der Waals surface area contributed by atoms with Crippen molar-refractivity contribution in [1.29, 1.82) is 0 Å². The average Bonchev–Trinajstić information content (AvgIpc) is 3.37. The Morgan fingerprint density at radius 1 is 1.25 bits per heavy atom. The Morgan fingerprint density at radius 3 is 2.62 bits per heavy atom. The van der Waals surface area contributed by atoms with Crippen LogP contribution in [0.25, 0.3) is 0 Å². The van der Waals surface area contributed by atoms with Crippen LogP contribution >= 0.6 is 24.4 Å². The Bertz CT molecular complexity index is 1040. The molecule has 2 aliphatic rings. The second-order valence-electron chi connectivity index (χ2n) is 7.80. The van der Waals surface area contributed by atoms with Crippen molar-refractivity contribution >= 4 is 51.9 Å². The molecule has 0 aliphatic carbocycles. The number of nitrogens with zero attached hydrogens (tertiary/aromatic N) is 4. The maximum absolute atomic E-state index is 15.0. The Labute approximate surface area is 196 Å². The molecule has 0 spiro atoms. The molecule has 1 atom stereocenters. The molecule has 3 heterocycles. The number of anilines is 2. The summed E-state index contributed by atoms with van der Waals surface area (Å²) in [4.78, 5) is 18.9. The summed E-state index contributed by atoms with van der Waals surface area (Å²) >= 11 is 10.5. The predicted molar refractivity (Wildman–Crippen MR) is 127 cm³/mol. The fourth-order valence-corrected chi connectivity index (χ4v) is 4.15. The zero-order valence-corrected chi connectivity index (χ0v) is 19.5. The zero-order valence-electron chi connectivity index (χ0n) is 17.8. The lowest BCUT2D eigenvalue weighted by Crippen LogP contribution is -2.48. The Balaban J connectivity index is 1.37. The van der Waals surface area contributed by atoms with Crippen LogP contribution in [0.3, 0.4) is 0 Å². The first kappa shape index (κ1) is 22.4. The van der Waals surface area contributed by atoms with Crippen molar-refractivity contribution in [3.8, 4) is 0 Å². The van der Waals surface area contributed by atoms with E-state index in [4.69, 9.17) is 33.7 Å². The van der Waals surface area contributed by atoms with E-state index in [1.807, 2.05) is 22.8 Å². The third-order valence-corrected chi connectivity index (χ3v) is 6.05. The van der Waals surface area contributed by atoms with Crippen LogP contribution in [0, 0.1) is 12.7 Å². The van der Waals surface area contributed by atoms with Crippen LogP contribution in [0.2, 0.25) is 0 Å². The summed E-state index contributed by atoms with van der Waals surface area (Å²) in [7, 11) is 0. The molecule has 2 aromatic rings. The van der Waals surface area contributed by atoms with Crippen LogP contribution in [0.1, 0.15) is 18.4 Å². The van der Waals surface area contributed by atoms with Crippen molar-refractivity contribution in [2.45, 2.75) is 20.0 Å². The summed E-state index contributed by atoms with van der Waals surface area (Å²) in [5.74, 6) is 0.196. The molecule has 32 heavy (non-hydrogen) atoms. The minimum Gasteiger partial charge on any atom is -0.442 e. The lowest BCUT2D eigenvalue weighted by atomic mass is 10.2. The molecule has 2 saturated heterocycles. The molecule has 2 aliphatic heterocycles. The number of nitrogens with one attached hydrogen (secondary N) is 1. The number of rotatable bonds is 5. The number of carbonyl (C=O) groups is 1. The first-order chi connectivity index (χ1) is 15.3. The average molecular weight is 478 g/mol. The highest BCUT2D eigenvalue weighted by Crippen LogP contribution is 2.28. The standard InChI is InChI=1S/C21H24FN5O3S2/c1-13-9-19(30-24-13)20(32)26-7-5-25(6-8-26)18-4-3-15(10-17(18)22)27-12-16(29-21(27)28)11-23-14(2)31/h3-4,9-10,16H,5-8,11-12H2,1-2H3,(H,23,31). The van der Waals surface area contributed by atoms with Crippen molar-refractivity contribution in [3.63, 3.8) is 0 Å². The van der Waals surface area contributed by atoms with E-state index in [1.54, 1.807) is 19.1 Å². The molecule has 0 saturated carbocycles. The Hall–Kier alpha value is -2.79. The third-order valence-electron chi connectivity index (χ3n) is 5.44. The number of piperazine rings is 1. The quantitative estimate of drug-likeness (QED) is 0.655. The number of halogens is 1. The van der Waals surface area contributed by atoms with E-state index < -0.39 is 6.09 Å². The van der Waals surface area contributed by atoms with Gasteiger partial charge in [-0.3, -0.25) is 4.90 Å². The van der Waals surface area contributed by atoms with Crippen LogP contribution in [0.4, 0.5) is 20.6 Å². The maximum Gasteiger partial charge on any atom is 0.414 e. The number of benzene rings is 1. The molecule has 1 amide bonds. The topological polar surface area (TPSA) is 74.1 Å². The summed E-state index contributed by atoms with van der Waals surface area (Å²) in [5, 5.41) is 6.87. The van der Waals surface area contributed by atoms with Gasteiger partial charge in [-0.2, -0.15) is 0 Å². The highest BCUT2D eigenvalue weighted by atomic mass is 32.1. The van der Waals surface area contributed by atoms with Crippen LogP contribution in [0.5, 0.6) is 0 Å². The molecule has 1 N–H and O–H groups in total. The van der Waals surface area contributed by atoms with Gasteiger partial charge in [0, 0.05) is 32.2 Å². The first-order valence-corrected chi connectivity index (χ1v) is 11.1. The fourth-order valence-electron chi connectivity index (χ4n) is 3.79. The molecule has 1 unspecified atom stereocenters.